The van der Waals surface area contributed by atoms with Gasteiger partial charge in [-0.3, -0.25) is 0 Å². The molecule has 0 aromatic heterocycles. The van der Waals surface area contributed by atoms with E-state index in [2.05, 4.69) is 13.0 Å². The van der Waals surface area contributed by atoms with Gasteiger partial charge in [0.2, 0.25) is 0 Å². The van der Waals surface area contributed by atoms with Crippen molar-refractivity contribution >= 4 is 11.1 Å². The van der Waals surface area contributed by atoms with Crippen molar-refractivity contribution in [2.24, 2.45) is 0 Å². The average molecular weight is 174 g/mol. The third-order valence-electron chi connectivity index (χ3n) is 2.15. The number of allylic oxidation sites excluding steroid dienone is 2. The molecule has 0 saturated heterocycles. The van der Waals surface area contributed by atoms with Crippen LogP contribution in [0, 0.1) is 0 Å². The van der Waals surface area contributed by atoms with Crippen molar-refractivity contribution in [2.75, 3.05) is 0 Å². The van der Waals surface area contributed by atoms with Crippen molar-refractivity contribution in [3.63, 3.8) is 0 Å². The van der Waals surface area contributed by atoms with Gasteiger partial charge in [-0.15, -0.1) is 0 Å². The molecule has 64 valence electrons. The third-order valence-corrected chi connectivity index (χ3v) is 3.12. The summed E-state index contributed by atoms with van der Waals surface area (Å²) in [4.78, 5) is 0. The van der Waals surface area contributed by atoms with Gasteiger partial charge in [0.25, 0.3) is 0 Å². The summed E-state index contributed by atoms with van der Waals surface area (Å²) in [6.07, 6.45) is 5.88. The SMILES string of the molecule is CCC1=CCCC(S(=O)O)C1. The summed E-state index contributed by atoms with van der Waals surface area (Å²) in [5.41, 5.74) is 1.34. The smallest absolute Gasteiger partial charge is 0.156 e. The van der Waals surface area contributed by atoms with Gasteiger partial charge in [0.05, 0.1) is 5.25 Å². The van der Waals surface area contributed by atoms with Gasteiger partial charge in [0.1, 0.15) is 0 Å². The molecule has 0 saturated carbocycles. The normalized spacial score (nSPS) is 27.8. The van der Waals surface area contributed by atoms with Crippen molar-refractivity contribution in [1.29, 1.82) is 0 Å². The predicted molar refractivity (Wildman–Crippen MR) is 46.8 cm³/mol. The fourth-order valence-electron chi connectivity index (χ4n) is 1.41. The van der Waals surface area contributed by atoms with Gasteiger partial charge >= 0.3 is 0 Å². The number of hydrogen-bond donors (Lipinski definition) is 1. The minimum absolute atomic E-state index is 0.00468. The molecular formula is C8H14O2S. The molecule has 1 aliphatic rings. The average Bonchev–Trinajstić information content (AvgIpc) is 2.05. The Kier molecular flexibility index (Phi) is 3.27. The maximum absolute atomic E-state index is 10.7. The first-order valence-electron chi connectivity index (χ1n) is 4.01. The van der Waals surface area contributed by atoms with Crippen LogP contribution in [0.2, 0.25) is 0 Å². The molecule has 0 aliphatic heterocycles. The quantitative estimate of drug-likeness (QED) is 0.514. The highest BCUT2D eigenvalue weighted by molar-refractivity contribution is 7.79. The van der Waals surface area contributed by atoms with Crippen LogP contribution in [0.15, 0.2) is 11.6 Å². The van der Waals surface area contributed by atoms with Crippen LogP contribution < -0.4 is 0 Å². The highest BCUT2D eigenvalue weighted by atomic mass is 32.2. The first-order valence-corrected chi connectivity index (χ1v) is 5.18. The number of hydrogen-bond acceptors (Lipinski definition) is 1. The van der Waals surface area contributed by atoms with E-state index in [4.69, 9.17) is 4.55 Å². The second-order valence-electron chi connectivity index (χ2n) is 2.90. The summed E-state index contributed by atoms with van der Waals surface area (Å²) >= 11 is -1.62. The first-order chi connectivity index (χ1) is 5.24. The molecule has 11 heavy (non-hydrogen) atoms. The molecule has 2 unspecified atom stereocenters. The Morgan fingerprint density at radius 2 is 2.55 bits per heavy atom. The Morgan fingerprint density at radius 1 is 1.82 bits per heavy atom. The van der Waals surface area contributed by atoms with Gasteiger partial charge in [-0.25, -0.2) is 4.21 Å². The first kappa shape index (κ1) is 8.94. The van der Waals surface area contributed by atoms with Gasteiger partial charge in [0.15, 0.2) is 11.1 Å². The van der Waals surface area contributed by atoms with Crippen molar-refractivity contribution in [2.45, 2.75) is 37.9 Å². The summed E-state index contributed by atoms with van der Waals surface area (Å²) in [5, 5.41) is -0.00468. The van der Waals surface area contributed by atoms with Crippen LogP contribution in [-0.4, -0.2) is 14.0 Å². The molecule has 0 aromatic carbocycles. The zero-order valence-corrected chi connectivity index (χ0v) is 7.56. The molecule has 1 N–H and O–H groups in total. The lowest BCUT2D eigenvalue weighted by Crippen LogP contribution is -2.17. The fourth-order valence-corrected chi connectivity index (χ4v) is 2.11. The van der Waals surface area contributed by atoms with E-state index in [1.807, 2.05) is 0 Å². The van der Waals surface area contributed by atoms with Gasteiger partial charge < -0.3 is 4.55 Å². The Bertz CT molecular complexity index is 187. The summed E-state index contributed by atoms with van der Waals surface area (Å²) in [6, 6.07) is 0. The summed E-state index contributed by atoms with van der Waals surface area (Å²) < 4.78 is 19.5. The second-order valence-corrected chi connectivity index (χ2v) is 4.11. The molecule has 0 aromatic rings. The van der Waals surface area contributed by atoms with Crippen molar-refractivity contribution in [1.82, 2.24) is 0 Å². The van der Waals surface area contributed by atoms with Crippen molar-refractivity contribution < 1.29 is 8.76 Å². The largest absolute Gasteiger partial charge is 0.306 e. The van der Waals surface area contributed by atoms with Gasteiger partial charge in [-0.05, 0) is 25.7 Å². The van der Waals surface area contributed by atoms with Crippen LogP contribution in [0.25, 0.3) is 0 Å². The summed E-state index contributed by atoms with van der Waals surface area (Å²) in [6.45, 7) is 2.09. The molecule has 0 fully saturated rings. The molecule has 2 atom stereocenters. The van der Waals surface area contributed by atoms with Crippen LogP contribution in [0.4, 0.5) is 0 Å². The van der Waals surface area contributed by atoms with Gasteiger partial charge in [-0.1, -0.05) is 18.6 Å². The van der Waals surface area contributed by atoms with E-state index < -0.39 is 11.1 Å². The molecule has 1 rings (SSSR count). The lowest BCUT2D eigenvalue weighted by Gasteiger charge is -2.18. The highest BCUT2D eigenvalue weighted by Crippen LogP contribution is 2.23. The lowest BCUT2D eigenvalue weighted by atomic mass is 9.97. The van der Waals surface area contributed by atoms with Crippen molar-refractivity contribution in [3.05, 3.63) is 11.6 Å². The van der Waals surface area contributed by atoms with E-state index >= 15 is 0 Å². The fraction of sp³-hybridized carbons (Fsp3) is 0.750. The summed E-state index contributed by atoms with van der Waals surface area (Å²) in [7, 11) is 0. The zero-order chi connectivity index (χ0) is 8.27. The molecule has 0 spiro atoms. The van der Waals surface area contributed by atoms with E-state index in [1.165, 1.54) is 5.57 Å². The topological polar surface area (TPSA) is 37.3 Å². The minimum Gasteiger partial charge on any atom is -0.306 e. The van der Waals surface area contributed by atoms with E-state index in [0.717, 1.165) is 25.7 Å². The maximum atomic E-state index is 10.7. The third kappa shape index (κ3) is 2.42. The Morgan fingerprint density at radius 3 is 3.09 bits per heavy atom. The summed E-state index contributed by atoms with van der Waals surface area (Å²) in [5.74, 6) is 0. The molecular weight excluding hydrogens is 160 g/mol. The lowest BCUT2D eigenvalue weighted by molar-refractivity contribution is 0.532. The Balaban J connectivity index is 2.53. The van der Waals surface area contributed by atoms with Crippen LogP contribution in [0.3, 0.4) is 0 Å². The van der Waals surface area contributed by atoms with E-state index in [0.29, 0.717) is 0 Å². The Hall–Kier alpha value is -0.150. The molecule has 0 radical (unpaired) electrons. The predicted octanol–water partition coefficient (Wildman–Crippen LogP) is 2.10. The van der Waals surface area contributed by atoms with Crippen LogP contribution >= 0.6 is 0 Å². The van der Waals surface area contributed by atoms with Gasteiger partial charge in [-0.2, -0.15) is 0 Å². The van der Waals surface area contributed by atoms with Crippen LogP contribution in [-0.2, 0) is 11.1 Å². The van der Waals surface area contributed by atoms with Crippen molar-refractivity contribution in [3.8, 4) is 0 Å². The molecule has 3 heteroatoms. The molecule has 0 heterocycles. The monoisotopic (exact) mass is 174 g/mol. The highest BCUT2D eigenvalue weighted by Gasteiger charge is 2.18. The van der Waals surface area contributed by atoms with E-state index in [1.54, 1.807) is 0 Å². The van der Waals surface area contributed by atoms with Crippen LogP contribution in [0.1, 0.15) is 32.6 Å². The molecule has 2 nitrogen and oxygen atoms in total. The second kappa shape index (κ2) is 4.02. The van der Waals surface area contributed by atoms with Crippen LogP contribution in [0.5, 0.6) is 0 Å². The maximum Gasteiger partial charge on any atom is 0.156 e. The molecule has 0 amide bonds. The zero-order valence-electron chi connectivity index (χ0n) is 6.75. The standard InChI is InChI=1S/C8H14O2S/c1-2-7-4-3-5-8(6-7)11(9)10/h4,8H,2-3,5-6H2,1H3,(H,9,10). The Labute approximate surface area is 70.0 Å². The number of rotatable bonds is 2. The van der Waals surface area contributed by atoms with E-state index in [9.17, 15) is 4.21 Å². The molecule has 0 bridgehead atoms. The minimum atomic E-state index is -1.62. The van der Waals surface area contributed by atoms with Gasteiger partial charge in [0, 0.05) is 0 Å². The molecule has 1 aliphatic carbocycles. The van der Waals surface area contributed by atoms with E-state index in [-0.39, 0.29) is 5.25 Å².